The second-order valence-electron chi connectivity index (χ2n) is 6.72. The highest BCUT2D eigenvalue weighted by Gasteiger charge is 2.34. The van der Waals surface area contributed by atoms with Crippen LogP contribution in [0.2, 0.25) is 0 Å². The van der Waals surface area contributed by atoms with Crippen molar-refractivity contribution in [2.24, 2.45) is 0 Å². The molecule has 0 aliphatic heterocycles. The topological polar surface area (TPSA) is 63.4 Å². The van der Waals surface area contributed by atoms with Gasteiger partial charge in [-0.1, -0.05) is 24.3 Å². The Bertz CT molecular complexity index is 830. The molecule has 4 heteroatoms. The molecule has 3 rings (SSSR count). The molecule has 2 N–H and O–H groups in total. The Kier molecular flexibility index (Phi) is 3.91. The highest BCUT2D eigenvalue weighted by Crippen LogP contribution is 2.37. The third-order valence-corrected chi connectivity index (χ3v) is 4.47. The number of ketones is 2. The average Bonchev–Trinajstić information content (AvgIpc) is 2.51. The van der Waals surface area contributed by atoms with Crippen molar-refractivity contribution < 1.29 is 9.59 Å². The van der Waals surface area contributed by atoms with E-state index < -0.39 is 0 Å². The van der Waals surface area contributed by atoms with Gasteiger partial charge in [0.2, 0.25) is 0 Å². The van der Waals surface area contributed by atoms with Crippen LogP contribution in [0.25, 0.3) is 0 Å². The summed E-state index contributed by atoms with van der Waals surface area (Å²) in [7, 11) is 0. The molecule has 0 fully saturated rings. The minimum Gasteiger partial charge on any atom is -0.398 e. The number of benzene rings is 2. The van der Waals surface area contributed by atoms with Gasteiger partial charge in [-0.05, 0) is 39.8 Å². The Labute approximate surface area is 142 Å². The van der Waals surface area contributed by atoms with Crippen molar-refractivity contribution in [2.75, 3.05) is 10.6 Å². The van der Waals surface area contributed by atoms with E-state index in [2.05, 4.69) is 32.6 Å². The molecule has 124 valence electrons. The number of anilines is 2. The van der Waals surface area contributed by atoms with Gasteiger partial charge in [-0.25, -0.2) is 0 Å². The SMILES string of the molecule is CC(C)N(c1cccc2c1C(=O)c1c(N)cccc1C2=O)C(C)C. The van der Waals surface area contributed by atoms with Gasteiger partial charge in [0.05, 0.1) is 11.1 Å². The third-order valence-electron chi connectivity index (χ3n) is 4.47. The summed E-state index contributed by atoms with van der Waals surface area (Å²) in [5.74, 6) is -0.305. The van der Waals surface area contributed by atoms with Crippen LogP contribution in [-0.4, -0.2) is 23.7 Å². The van der Waals surface area contributed by atoms with E-state index in [4.69, 9.17) is 5.73 Å². The normalized spacial score (nSPS) is 13.2. The van der Waals surface area contributed by atoms with Crippen molar-refractivity contribution in [3.05, 3.63) is 58.7 Å². The zero-order valence-corrected chi connectivity index (χ0v) is 14.5. The predicted molar refractivity (Wildman–Crippen MR) is 96.9 cm³/mol. The van der Waals surface area contributed by atoms with Crippen molar-refractivity contribution in [1.82, 2.24) is 0 Å². The van der Waals surface area contributed by atoms with E-state index in [1.807, 2.05) is 12.1 Å². The minimum absolute atomic E-state index is 0.138. The summed E-state index contributed by atoms with van der Waals surface area (Å²) in [6.45, 7) is 8.32. The molecule has 2 aromatic carbocycles. The molecule has 0 bridgehead atoms. The van der Waals surface area contributed by atoms with Gasteiger partial charge in [0.15, 0.2) is 11.6 Å². The number of hydrogen-bond donors (Lipinski definition) is 1. The molecule has 1 aliphatic rings. The lowest BCUT2D eigenvalue weighted by molar-refractivity contribution is 0.0980. The molecule has 0 aromatic heterocycles. The molecule has 1 aliphatic carbocycles. The molecular formula is C20H22N2O2. The van der Waals surface area contributed by atoms with E-state index >= 15 is 0 Å². The van der Waals surface area contributed by atoms with Crippen LogP contribution in [0.1, 0.15) is 59.5 Å². The number of rotatable bonds is 3. The fourth-order valence-electron chi connectivity index (χ4n) is 3.62. The van der Waals surface area contributed by atoms with Gasteiger partial charge < -0.3 is 10.6 Å². The lowest BCUT2D eigenvalue weighted by atomic mass is 9.82. The van der Waals surface area contributed by atoms with Crippen molar-refractivity contribution >= 4 is 22.9 Å². The highest BCUT2D eigenvalue weighted by molar-refractivity contribution is 6.31. The fraction of sp³-hybridized carbons (Fsp3) is 0.300. The number of nitrogens with zero attached hydrogens (tertiary/aromatic N) is 1. The molecule has 0 saturated carbocycles. The molecule has 0 saturated heterocycles. The molecule has 2 aromatic rings. The van der Waals surface area contributed by atoms with Crippen molar-refractivity contribution in [1.29, 1.82) is 0 Å². The Hall–Kier alpha value is -2.62. The maximum Gasteiger partial charge on any atom is 0.198 e. The number of nitrogen functional groups attached to an aromatic ring is 1. The van der Waals surface area contributed by atoms with Crippen LogP contribution in [0.15, 0.2) is 36.4 Å². The number of hydrogen-bond acceptors (Lipinski definition) is 4. The van der Waals surface area contributed by atoms with E-state index in [-0.39, 0.29) is 23.7 Å². The first-order valence-electron chi connectivity index (χ1n) is 8.23. The Morgan fingerprint density at radius 2 is 1.33 bits per heavy atom. The lowest BCUT2D eigenvalue weighted by Gasteiger charge is -2.35. The quantitative estimate of drug-likeness (QED) is 0.747. The summed E-state index contributed by atoms with van der Waals surface area (Å²) in [6.07, 6.45) is 0. The monoisotopic (exact) mass is 322 g/mol. The fourth-order valence-corrected chi connectivity index (χ4v) is 3.62. The van der Waals surface area contributed by atoms with Crippen LogP contribution in [0, 0.1) is 0 Å². The molecule has 0 unspecified atom stereocenters. The van der Waals surface area contributed by atoms with Crippen molar-refractivity contribution in [3.63, 3.8) is 0 Å². The zero-order chi connectivity index (χ0) is 17.6. The van der Waals surface area contributed by atoms with E-state index in [9.17, 15) is 9.59 Å². The predicted octanol–water partition coefficient (Wildman–Crippen LogP) is 3.67. The molecule has 0 atom stereocenters. The summed E-state index contributed by atoms with van der Waals surface area (Å²) in [6, 6.07) is 10.9. The third kappa shape index (κ3) is 2.30. The maximum absolute atomic E-state index is 13.2. The van der Waals surface area contributed by atoms with Gasteiger partial charge in [0.1, 0.15) is 0 Å². The van der Waals surface area contributed by atoms with Gasteiger partial charge in [0.25, 0.3) is 0 Å². The summed E-state index contributed by atoms with van der Waals surface area (Å²) in [5, 5.41) is 0. The summed E-state index contributed by atoms with van der Waals surface area (Å²) in [5.41, 5.74) is 8.81. The van der Waals surface area contributed by atoms with Crippen LogP contribution in [0.5, 0.6) is 0 Å². The first kappa shape index (κ1) is 16.2. The van der Waals surface area contributed by atoms with E-state index in [1.54, 1.807) is 24.3 Å². The van der Waals surface area contributed by atoms with Crippen LogP contribution >= 0.6 is 0 Å². The first-order valence-corrected chi connectivity index (χ1v) is 8.23. The number of nitrogens with two attached hydrogens (primary N) is 1. The number of carbonyl (C=O) groups excluding carboxylic acids is 2. The average molecular weight is 322 g/mol. The molecular weight excluding hydrogens is 300 g/mol. The van der Waals surface area contributed by atoms with Crippen LogP contribution in [0.3, 0.4) is 0 Å². The molecule has 0 amide bonds. The summed E-state index contributed by atoms with van der Waals surface area (Å²) in [4.78, 5) is 28.2. The highest BCUT2D eigenvalue weighted by atomic mass is 16.1. The van der Waals surface area contributed by atoms with Gasteiger partial charge in [0, 0.05) is 34.6 Å². The second kappa shape index (κ2) is 5.78. The van der Waals surface area contributed by atoms with Crippen LogP contribution in [0.4, 0.5) is 11.4 Å². The number of carbonyl (C=O) groups is 2. The Morgan fingerprint density at radius 3 is 1.92 bits per heavy atom. The first-order chi connectivity index (χ1) is 11.3. The smallest absolute Gasteiger partial charge is 0.198 e. The lowest BCUT2D eigenvalue weighted by Crippen LogP contribution is -2.39. The minimum atomic E-state index is -0.167. The largest absolute Gasteiger partial charge is 0.398 e. The van der Waals surface area contributed by atoms with Gasteiger partial charge in [-0.2, -0.15) is 0 Å². The van der Waals surface area contributed by atoms with Crippen molar-refractivity contribution in [3.8, 4) is 0 Å². The molecule has 0 radical (unpaired) electrons. The van der Waals surface area contributed by atoms with E-state index in [1.165, 1.54) is 0 Å². The Balaban J connectivity index is 2.29. The maximum atomic E-state index is 13.2. The van der Waals surface area contributed by atoms with Gasteiger partial charge >= 0.3 is 0 Å². The van der Waals surface area contributed by atoms with Gasteiger partial charge in [-0.15, -0.1) is 0 Å². The standard InChI is InChI=1S/C20H22N2O2/c1-11(2)22(12(3)4)16-10-6-8-14-18(16)20(24)17-13(19(14)23)7-5-9-15(17)21/h5-12H,21H2,1-4H3. The Morgan fingerprint density at radius 1 is 0.792 bits per heavy atom. The zero-order valence-electron chi connectivity index (χ0n) is 14.5. The van der Waals surface area contributed by atoms with E-state index in [0.29, 0.717) is 27.9 Å². The second-order valence-corrected chi connectivity index (χ2v) is 6.72. The van der Waals surface area contributed by atoms with Crippen molar-refractivity contribution in [2.45, 2.75) is 39.8 Å². The van der Waals surface area contributed by atoms with Gasteiger partial charge in [-0.3, -0.25) is 9.59 Å². The van der Waals surface area contributed by atoms with Crippen LogP contribution < -0.4 is 10.6 Å². The molecule has 4 nitrogen and oxygen atoms in total. The van der Waals surface area contributed by atoms with Crippen LogP contribution in [-0.2, 0) is 0 Å². The molecule has 0 heterocycles. The molecule has 24 heavy (non-hydrogen) atoms. The summed E-state index contributed by atoms with van der Waals surface area (Å²) < 4.78 is 0. The van der Waals surface area contributed by atoms with E-state index in [0.717, 1.165) is 5.69 Å². The molecule has 0 spiro atoms. The number of fused-ring (bicyclic) bond motifs is 2. The summed E-state index contributed by atoms with van der Waals surface area (Å²) >= 11 is 0.